The molecule has 0 saturated carbocycles. The van der Waals surface area contributed by atoms with Gasteiger partial charge in [-0.2, -0.15) is 0 Å². The number of methoxy groups -OCH3 is 2. The van der Waals surface area contributed by atoms with Gasteiger partial charge in [0, 0.05) is 34.4 Å². The molecular formula is C32H42O6. The Bertz CT molecular complexity index is 1010. The second-order valence-corrected chi connectivity index (χ2v) is 9.63. The zero-order valence-corrected chi connectivity index (χ0v) is 23.0. The monoisotopic (exact) mass is 522 g/mol. The lowest BCUT2D eigenvalue weighted by Crippen LogP contribution is -2.02. The lowest BCUT2D eigenvalue weighted by molar-refractivity contribution is -0.141. The van der Waals surface area contributed by atoms with Crippen molar-refractivity contribution in [2.24, 2.45) is 0 Å². The predicted octanol–water partition coefficient (Wildman–Crippen LogP) is 7.78. The summed E-state index contributed by atoms with van der Waals surface area (Å²) in [6.45, 7) is 1.31. The van der Waals surface area contributed by atoms with Crippen molar-refractivity contribution in [2.45, 2.75) is 77.0 Å². The van der Waals surface area contributed by atoms with Crippen LogP contribution in [0.1, 0.15) is 77.0 Å². The van der Waals surface area contributed by atoms with E-state index in [1.807, 2.05) is 24.3 Å². The van der Waals surface area contributed by atoms with Crippen LogP contribution in [0.3, 0.4) is 0 Å². The van der Waals surface area contributed by atoms with E-state index in [-0.39, 0.29) is 11.9 Å². The predicted molar refractivity (Wildman–Crippen MR) is 152 cm³/mol. The van der Waals surface area contributed by atoms with Crippen molar-refractivity contribution in [3.8, 4) is 11.5 Å². The highest BCUT2D eigenvalue weighted by atomic mass is 16.5. The first-order valence-corrected chi connectivity index (χ1v) is 14.0. The van der Waals surface area contributed by atoms with Crippen molar-refractivity contribution in [2.75, 3.05) is 27.4 Å². The minimum atomic E-state index is -0.132. The summed E-state index contributed by atoms with van der Waals surface area (Å²) in [7, 11) is 2.87. The molecule has 0 unspecified atom stereocenters. The number of esters is 2. The summed E-state index contributed by atoms with van der Waals surface area (Å²) < 4.78 is 22.2. The second-order valence-electron chi connectivity index (χ2n) is 9.63. The van der Waals surface area contributed by atoms with Gasteiger partial charge in [0.05, 0.1) is 27.4 Å². The lowest BCUT2D eigenvalue weighted by Gasteiger charge is -2.18. The molecule has 0 aromatic heterocycles. The molecule has 0 radical (unpaired) electrons. The number of unbranched alkanes of at least 4 members (excludes halogenated alkanes) is 8. The maximum atomic E-state index is 11.2. The Morgan fingerprint density at radius 2 is 0.816 bits per heavy atom. The molecule has 0 aliphatic carbocycles. The fourth-order valence-corrected chi connectivity index (χ4v) is 4.72. The Kier molecular flexibility index (Phi) is 12.7. The average Bonchev–Trinajstić information content (AvgIpc) is 2.95. The zero-order chi connectivity index (χ0) is 27.0. The number of fused-ring (bicyclic) bond motifs is 2. The molecule has 6 heteroatoms. The highest BCUT2D eigenvalue weighted by molar-refractivity contribution is 6.11. The molecular weight excluding hydrogens is 480 g/mol. The third kappa shape index (κ3) is 8.93. The summed E-state index contributed by atoms with van der Waals surface area (Å²) in [5.74, 6) is 1.57. The Morgan fingerprint density at radius 3 is 1.16 bits per heavy atom. The van der Waals surface area contributed by atoms with Gasteiger partial charge in [0.2, 0.25) is 0 Å². The van der Waals surface area contributed by atoms with Crippen molar-refractivity contribution >= 4 is 33.5 Å². The van der Waals surface area contributed by atoms with Crippen LogP contribution in [-0.4, -0.2) is 39.4 Å². The summed E-state index contributed by atoms with van der Waals surface area (Å²) in [6.07, 6.45) is 11.0. The normalized spacial score (nSPS) is 11.0. The average molecular weight is 523 g/mol. The summed E-state index contributed by atoms with van der Waals surface area (Å²) in [6, 6.07) is 16.6. The molecule has 0 fully saturated rings. The van der Waals surface area contributed by atoms with Crippen LogP contribution >= 0.6 is 0 Å². The summed E-state index contributed by atoms with van der Waals surface area (Å²) in [5, 5.41) is 4.29. The third-order valence-electron chi connectivity index (χ3n) is 6.83. The van der Waals surface area contributed by atoms with Gasteiger partial charge in [-0.25, -0.2) is 0 Å². The largest absolute Gasteiger partial charge is 0.492 e. The maximum absolute atomic E-state index is 11.2. The number of carbonyl (C=O) groups is 2. The van der Waals surface area contributed by atoms with Gasteiger partial charge < -0.3 is 18.9 Å². The Balaban J connectivity index is 1.56. The van der Waals surface area contributed by atoms with Crippen LogP contribution in [0.5, 0.6) is 11.5 Å². The van der Waals surface area contributed by atoms with Crippen LogP contribution in [0, 0.1) is 0 Å². The van der Waals surface area contributed by atoms with E-state index in [1.54, 1.807) is 0 Å². The number of benzene rings is 3. The first-order valence-electron chi connectivity index (χ1n) is 14.0. The molecule has 0 heterocycles. The molecule has 3 rings (SSSR count). The quantitative estimate of drug-likeness (QED) is 0.0965. The minimum Gasteiger partial charge on any atom is -0.492 e. The first-order chi connectivity index (χ1) is 18.7. The Labute approximate surface area is 226 Å². The standard InChI is InChI=1S/C32H42O6/c1-35-29(33)21-9-5-3-7-15-23-37-31-25-17-11-13-19-27(25)32(28-20-14-12-18-26(28)31)38-24-16-8-4-6-10-22-30(34)36-2/h11-14,17-20H,3-10,15-16,21-24H2,1-2H3. The molecule has 0 aliphatic rings. The zero-order valence-electron chi connectivity index (χ0n) is 23.0. The fourth-order valence-electron chi connectivity index (χ4n) is 4.72. The topological polar surface area (TPSA) is 71.1 Å². The van der Waals surface area contributed by atoms with E-state index in [0.717, 1.165) is 97.3 Å². The van der Waals surface area contributed by atoms with Gasteiger partial charge in [0.15, 0.2) is 0 Å². The van der Waals surface area contributed by atoms with E-state index in [0.29, 0.717) is 26.1 Å². The van der Waals surface area contributed by atoms with Crippen LogP contribution in [0.25, 0.3) is 21.5 Å². The number of carbonyl (C=O) groups excluding carboxylic acids is 2. The van der Waals surface area contributed by atoms with Crippen LogP contribution in [0.2, 0.25) is 0 Å². The molecule has 0 spiro atoms. The molecule has 3 aromatic rings. The molecule has 0 bridgehead atoms. The van der Waals surface area contributed by atoms with Crippen molar-refractivity contribution in [1.82, 2.24) is 0 Å². The summed E-state index contributed by atoms with van der Waals surface area (Å²) in [5.41, 5.74) is 0. The van der Waals surface area contributed by atoms with Gasteiger partial charge in [-0.15, -0.1) is 0 Å². The molecule has 38 heavy (non-hydrogen) atoms. The van der Waals surface area contributed by atoms with Crippen molar-refractivity contribution < 1.29 is 28.5 Å². The van der Waals surface area contributed by atoms with Gasteiger partial charge in [-0.1, -0.05) is 87.1 Å². The molecule has 0 N–H and O–H groups in total. The number of rotatable bonds is 18. The van der Waals surface area contributed by atoms with Crippen molar-refractivity contribution in [3.05, 3.63) is 48.5 Å². The van der Waals surface area contributed by atoms with Crippen molar-refractivity contribution in [1.29, 1.82) is 0 Å². The van der Waals surface area contributed by atoms with Gasteiger partial charge >= 0.3 is 11.9 Å². The SMILES string of the molecule is COC(=O)CCCCCCCOc1c2ccccc2c(OCCCCCCCC(=O)OC)c2ccccc12. The van der Waals surface area contributed by atoms with Crippen LogP contribution in [-0.2, 0) is 19.1 Å². The molecule has 0 aliphatic heterocycles. The number of hydrogen-bond donors (Lipinski definition) is 0. The first kappa shape index (κ1) is 29.3. The van der Waals surface area contributed by atoms with Crippen LogP contribution in [0.15, 0.2) is 48.5 Å². The summed E-state index contributed by atoms with van der Waals surface area (Å²) >= 11 is 0. The smallest absolute Gasteiger partial charge is 0.305 e. The number of hydrogen-bond acceptors (Lipinski definition) is 6. The molecule has 0 saturated heterocycles. The van der Waals surface area contributed by atoms with Gasteiger partial charge in [-0.05, 0) is 25.7 Å². The molecule has 3 aromatic carbocycles. The Hall–Kier alpha value is -3.28. The molecule has 0 atom stereocenters. The van der Waals surface area contributed by atoms with Gasteiger partial charge in [0.1, 0.15) is 11.5 Å². The van der Waals surface area contributed by atoms with E-state index in [2.05, 4.69) is 24.3 Å². The van der Waals surface area contributed by atoms with Crippen LogP contribution < -0.4 is 9.47 Å². The van der Waals surface area contributed by atoms with E-state index < -0.39 is 0 Å². The highest BCUT2D eigenvalue weighted by Crippen LogP contribution is 2.42. The van der Waals surface area contributed by atoms with E-state index >= 15 is 0 Å². The van der Waals surface area contributed by atoms with E-state index in [9.17, 15) is 9.59 Å². The third-order valence-corrected chi connectivity index (χ3v) is 6.83. The van der Waals surface area contributed by atoms with E-state index in [1.165, 1.54) is 14.2 Å². The summed E-state index contributed by atoms with van der Waals surface area (Å²) in [4.78, 5) is 22.5. The van der Waals surface area contributed by atoms with Crippen molar-refractivity contribution in [3.63, 3.8) is 0 Å². The lowest BCUT2D eigenvalue weighted by atomic mass is 10.0. The molecule has 206 valence electrons. The highest BCUT2D eigenvalue weighted by Gasteiger charge is 2.15. The Morgan fingerprint density at radius 1 is 0.500 bits per heavy atom. The van der Waals surface area contributed by atoms with Gasteiger partial charge in [0.25, 0.3) is 0 Å². The fraction of sp³-hybridized carbons (Fsp3) is 0.500. The van der Waals surface area contributed by atoms with E-state index in [4.69, 9.17) is 18.9 Å². The minimum absolute atomic E-state index is 0.132. The molecule has 0 amide bonds. The maximum Gasteiger partial charge on any atom is 0.305 e. The van der Waals surface area contributed by atoms with Gasteiger partial charge in [-0.3, -0.25) is 9.59 Å². The molecule has 6 nitrogen and oxygen atoms in total. The van der Waals surface area contributed by atoms with Crippen LogP contribution in [0.4, 0.5) is 0 Å². The second kappa shape index (κ2) is 16.5. The number of ether oxygens (including phenoxy) is 4.